The van der Waals surface area contributed by atoms with Crippen LogP contribution in [0.4, 0.5) is 0 Å². The first-order valence-corrected chi connectivity index (χ1v) is 9.87. The smallest absolute Gasteiger partial charge is 0.219 e. The molecule has 0 bridgehead atoms. The predicted molar refractivity (Wildman–Crippen MR) is 92.5 cm³/mol. The SMILES string of the molecule is CCCCCC(C)c1nc(SSCc2ccccc2)n[nH]1. The van der Waals surface area contributed by atoms with Crippen LogP contribution in [0.5, 0.6) is 0 Å². The van der Waals surface area contributed by atoms with Crippen LogP contribution in [-0.4, -0.2) is 15.2 Å². The molecule has 1 heterocycles. The van der Waals surface area contributed by atoms with Crippen molar-refractivity contribution in [3.8, 4) is 0 Å². The number of aromatic nitrogens is 3. The van der Waals surface area contributed by atoms with Gasteiger partial charge in [0.25, 0.3) is 0 Å². The third-order valence-electron chi connectivity index (χ3n) is 3.39. The standard InChI is InChI=1S/C16H23N3S2/c1-3-4-6-9-13(2)15-17-16(19-18-15)21-20-12-14-10-7-5-8-11-14/h5,7-8,10-11,13H,3-4,6,9,12H2,1-2H3,(H,17,18,19). The van der Waals surface area contributed by atoms with E-state index in [1.807, 2.05) is 6.07 Å². The Balaban J connectivity index is 1.75. The van der Waals surface area contributed by atoms with Crippen molar-refractivity contribution in [2.24, 2.45) is 0 Å². The molecule has 3 nitrogen and oxygen atoms in total. The van der Waals surface area contributed by atoms with Crippen molar-refractivity contribution in [3.63, 3.8) is 0 Å². The lowest BCUT2D eigenvalue weighted by atomic mass is 10.0. The number of nitrogens with one attached hydrogen (secondary N) is 1. The normalized spacial score (nSPS) is 12.5. The molecule has 21 heavy (non-hydrogen) atoms. The maximum absolute atomic E-state index is 4.60. The molecule has 1 atom stereocenters. The fraction of sp³-hybridized carbons (Fsp3) is 0.500. The van der Waals surface area contributed by atoms with Crippen LogP contribution in [0.1, 0.15) is 56.8 Å². The van der Waals surface area contributed by atoms with Gasteiger partial charge in [-0.15, -0.1) is 5.10 Å². The summed E-state index contributed by atoms with van der Waals surface area (Å²) in [6, 6.07) is 10.5. The van der Waals surface area contributed by atoms with Crippen molar-refractivity contribution in [2.75, 3.05) is 0 Å². The van der Waals surface area contributed by atoms with Crippen molar-refractivity contribution < 1.29 is 0 Å². The van der Waals surface area contributed by atoms with Crippen LogP contribution in [0, 0.1) is 0 Å². The van der Waals surface area contributed by atoms with E-state index in [0.717, 1.165) is 16.7 Å². The molecule has 0 spiro atoms. The lowest BCUT2D eigenvalue weighted by molar-refractivity contribution is 0.576. The number of hydrogen-bond donors (Lipinski definition) is 1. The fourth-order valence-corrected chi connectivity index (χ4v) is 3.91. The Morgan fingerprint density at radius 1 is 1.19 bits per heavy atom. The van der Waals surface area contributed by atoms with Crippen LogP contribution in [0.3, 0.4) is 0 Å². The first-order valence-electron chi connectivity index (χ1n) is 7.55. The van der Waals surface area contributed by atoms with Crippen molar-refractivity contribution >= 4 is 21.6 Å². The molecular weight excluding hydrogens is 298 g/mol. The highest BCUT2D eigenvalue weighted by Gasteiger charge is 2.11. The quantitative estimate of drug-likeness (QED) is 0.494. The summed E-state index contributed by atoms with van der Waals surface area (Å²) >= 11 is 0. The summed E-state index contributed by atoms with van der Waals surface area (Å²) in [6.45, 7) is 4.46. The molecule has 1 unspecified atom stereocenters. The van der Waals surface area contributed by atoms with Crippen molar-refractivity contribution in [3.05, 3.63) is 41.7 Å². The zero-order chi connectivity index (χ0) is 14.9. The molecule has 0 saturated carbocycles. The van der Waals surface area contributed by atoms with E-state index >= 15 is 0 Å². The minimum absolute atomic E-state index is 0.470. The monoisotopic (exact) mass is 321 g/mol. The molecule has 114 valence electrons. The maximum atomic E-state index is 4.60. The van der Waals surface area contributed by atoms with Crippen LogP contribution < -0.4 is 0 Å². The van der Waals surface area contributed by atoms with Gasteiger partial charge >= 0.3 is 0 Å². The zero-order valence-corrected chi connectivity index (χ0v) is 14.3. The third-order valence-corrected chi connectivity index (χ3v) is 5.45. The van der Waals surface area contributed by atoms with Gasteiger partial charge in [-0.05, 0) is 22.8 Å². The Hall–Kier alpha value is -0.940. The molecule has 0 aliphatic carbocycles. The van der Waals surface area contributed by atoms with E-state index in [9.17, 15) is 0 Å². The highest BCUT2D eigenvalue weighted by molar-refractivity contribution is 8.76. The van der Waals surface area contributed by atoms with Crippen molar-refractivity contribution in [1.29, 1.82) is 0 Å². The third kappa shape index (κ3) is 5.75. The van der Waals surface area contributed by atoms with Gasteiger partial charge in [0.05, 0.1) is 0 Å². The number of H-pyrrole nitrogens is 1. The van der Waals surface area contributed by atoms with E-state index in [2.05, 4.69) is 53.3 Å². The van der Waals surface area contributed by atoms with E-state index in [0.29, 0.717) is 5.92 Å². The minimum atomic E-state index is 0.470. The number of benzene rings is 1. The molecule has 0 saturated heterocycles. The number of aromatic amines is 1. The highest BCUT2D eigenvalue weighted by atomic mass is 33.1. The van der Waals surface area contributed by atoms with Crippen LogP contribution in [-0.2, 0) is 5.75 Å². The van der Waals surface area contributed by atoms with E-state index in [-0.39, 0.29) is 0 Å². The number of rotatable bonds is 9. The Morgan fingerprint density at radius 2 is 2.00 bits per heavy atom. The summed E-state index contributed by atoms with van der Waals surface area (Å²) in [4.78, 5) is 4.60. The van der Waals surface area contributed by atoms with E-state index < -0.39 is 0 Å². The van der Waals surface area contributed by atoms with Gasteiger partial charge in [-0.1, -0.05) is 74.2 Å². The molecule has 0 radical (unpaired) electrons. The second kappa shape index (κ2) is 9.15. The summed E-state index contributed by atoms with van der Waals surface area (Å²) in [5.41, 5.74) is 1.33. The molecule has 1 aromatic heterocycles. The molecular formula is C16H23N3S2. The lowest BCUT2D eigenvalue weighted by Crippen LogP contribution is -1.96. The molecule has 2 rings (SSSR count). The highest BCUT2D eigenvalue weighted by Crippen LogP contribution is 2.32. The maximum Gasteiger partial charge on any atom is 0.219 e. The van der Waals surface area contributed by atoms with Crippen LogP contribution in [0.15, 0.2) is 35.5 Å². The first kappa shape index (κ1) is 16.4. The second-order valence-corrected chi connectivity index (χ2v) is 7.49. The average Bonchev–Trinajstić information content (AvgIpc) is 2.97. The van der Waals surface area contributed by atoms with Crippen molar-refractivity contribution in [1.82, 2.24) is 15.2 Å². The lowest BCUT2D eigenvalue weighted by Gasteiger charge is -2.06. The van der Waals surface area contributed by atoms with Gasteiger partial charge in [0.1, 0.15) is 5.82 Å². The predicted octanol–water partition coefficient (Wildman–Crippen LogP) is 5.43. The molecule has 0 aliphatic rings. The average molecular weight is 322 g/mol. The molecule has 1 N–H and O–H groups in total. The van der Waals surface area contributed by atoms with Gasteiger partial charge in [0, 0.05) is 11.7 Å². The first-order chi connectivity index (χ1) is 10.3. The summed E-state index contributed by atoms with van der Waals surface area (Å²) in [7, 11) is 3.42. The van der Waals surface area contributed by atoms with Crippen LogP contribution >= 0.6 is 21.6 Å². The molecule has 0 fully saturated rings. The topological polar surface area (TPSA) is 41.6 Å². The van der Waals surface area contributed by atoms with E-state index in [4.69, 9.17) is 0 Å². The molecule has 2 aromatic rings. The molecule has 1 aromatic carbocycles. The molecule has 5 heteroatoms. The largest absolute Gasteiger partial charge is 0.262 e. The number of hydrogen-bond acceptors (Lipinski definition) is 4. The van der Waals surface area contributed by atoms with Gasteiger partial charge in [-0.3, -0.25) is 5.10 Å². The summed E-state index contributed by atoms with van der Waals surface area (Å²) < 4.78 is 0. The second-order valence-electron chi connectivity index (χ2n) is 5.23. The van der Waals surface area contributed by atoms with Crippen LogP contribution in [0.25, 0.3) is 0 Å². The van der Waals surface area contributed by atoms with Gasteiger partial charge in [-0.25, -0.2) is 4.98 Å². The van der Waals surface area contributed by atoms with Gasteiger partial charge in [-0.2, -0.15) is 0 Å². The molecule has 0 aliphatic heterocycles. The summed E-state index contributed by atoms with van der Waals surface area (Å²) in [5, 5.41) is 8.23. The van der Waals surface area contributed by atoms with Gasteiger partial charge < -0.3 is 0 Å². The van der Waals surface area contributed by atoms with Gasteiger partial charge in [0.2, 0.25) is 5.16 Å². The number of nitrogens with zero attached hydrogens (tertiary/aromatic N) is 2. The Morgan fingerprint density at radius 3 is 2.76 bits per heavy atom. The van der Waals surface area contributed by atoms with E-state index in [1.54, 1.807) is 21.6 Å². The van der Waals surface area contributed by atoms with E-state index in [1.165, 1.54) is 31.2 Å². The Kier molecular flexibility index (Phi) is 7.16. The zero-order valence-electron chi connectivity index (χ0n) is 12.7. The molecule has 0 amide bonds. The van der Waals surface area contributed by atoms with Crippen molar-refractivity contribution in [2.45, 2.75) is 56.4 Å². The van der Waals surface area contributed by atoms with Crippen LogP contribution in [0.2, 0.25) is 0 Å². The summed E-state index contributed by atoms with van der Waals surface area (Å²) in [5.74, 6) is 2.47. The fourth-order valence-electron chi connectivity index (χ4n) is 2.08. The Labute approximate surface area is 135 Å². The number of unbranched alkanes of at least 4 members (excludes halogenated alkanes) is 2. The Bertz CT molecular complexity index is 513. The minimum Gasteiger partial charge on any atom is -0.262 e. The van der Waals surface area contributed by atoms with Gasteiger partial charge in [0.15, 0.2) is 0 Å². The summed E-state index contributed by atoms with van der Waals surface area (Å²) in [6.07, 6.45) is 5.02.